The van der Waals surface area contributed by atoms with Crippen LogP contribution < -0.4 is 19.5 Å². The van der Waals surface area contributed by atoms with Gasteiger partial charge in [0.2, 0.25) is 5.88 Å². The first-order valence-corrected chi connectivity index (χ1v) is 18.5. The standard InChI is InChI=1S/C38H35N7O5S2/c1-21-23(3)51-38-34(21)36(41-20-43-38)48-18-27-15-30(45-50-27)28-11-10-25(16-31(28)46-4)47-13-12-32-22(2)33-35(40-19-42-37(33)52-32)39-17-26-14-29(44-49-26)24-8-6-5-7-9-24/h5-6,8,10-11,14-16,19-20H,7,9,12-13,17-18H2,1-4H3,(H,39,40,42). The van der Waals surface area contributed by atoms with Crippen molar-refractivity contribution in [2.75, 3.05) is 19.0 Å². The maximum Gasteiger partial charge on any atom is 0.226 e. The van der Waals surface area contributed by atoms with E-state index in [2.05, 4.69) is 74.6 Å². The van der Waals surface area contributed by atoms with Crippen molar-refractivity contribution in [2.45, 2.75) is 53.2 Å². The first-order chi connectivity index (χ1) is 25.4. The zero-order chi connectivity index (χ0) is 35.6. The van der Waals surface area contributed by atoms with Crippen molar-refractivity contribution in [1.29, 1.82) is 0 Å². The molecule has 7 aromatic rings. The summed E-state index contributed by atoms with van der Waals surface area (Å²) in [5, 5.41) is 13.9. The van der Waals surface area contributed by atoms with Crippen LogP contribution in [0.2, 0.25) is 0 Å². The molecule has 52 heavy (non-hydrogen) atoms. The zero-order valence-corrected chi connectivity index (χ0v) is 30.7. The summed E-state index contributed by atoms with van der Waals surface area (Å²) in [4.78, 5) is 22.0. The van der Waals surface area contributed by atoms with Crippen molar-refractivity contribution in [3.05, 3.63) is 99.3 Å². The highest BCUT2D eigenvalue weighted by Crippen LogP contribution is 2.37. The number of aromatic nitrogens is 6. The number of fused-ring (bicyclic) bond motifs is 2. The number of anilines is 1. The smallest absolute Gasteiger partial charge is 0.226 e. The first kappa shape index (κ1) is 33.5. The second kappa shape index (κ2) is 14.6. The van der Waals surface area contributed by atoms with E-state index in [1.165, 1.54) is 21.7 Å². The van der Waals surface area contributed by atoms with Crippen LogP contribution in [0.4, 0.5) is 5.82 Å². The van der Waals surface area contributed by atoms with Crippen molar-refractivity contribution >= 4 is 54.5 Å². The summed E-state index contributed by atoms with van der Waals surface area (Å²) in [5.41, 5.74) is 5.73. The molecule has 12 nitrogen and oxygen atoms in total. The summed E-state index contributed by atoms with van der Waals surface area (Å²) in [6.07, 6.45) is 12.1. The number of benzene rings is 1. The average molecular weight is 734 g/mol. The summed E-state index contributed by atoms with van der Waals surface area (Å²) in [5.74, 6) is 3.92. The highest BCUT2D eigenvalue weighted by atomic mass is 32.1. The molecule has 0 bridgehead atoms. The first-order valence-electron chi connectivity index (χ1n) is 16.8. The van der Waals surface area contributed by atoms with Gasteiger partial charge in [-0.15, -0.1) is 22.7 Å². The lowest BCUT2D eigenvalue weighted by Crippen LogP contribution is -2.03. The number of methoxy groups -OCH3 is 1. The Labute approximate surface area is 307 Å². The lowest BCUT2D eigenvalue weighted by atomic mass is 10.0. The Hall–Kier alpha value is -5.60. The molecule has 0 radical (unpaired) electrons. The lowest BCUT2D eigenvalue weighted by Gasteiger charge is -2.10. The van der Waals surface area contributed by atoms with Gasteiger partial charge in [-0.3, -0.25) is 0 Å². The Bertz CT molecular complexity index is 2460. The molecule has 1 aliphatic rings. The van der Waals surface area contributed by atoms with Crippen LogP contribution in [0.15, 0.2) is 70.3 Å². The van der Waals surface area contributed by atoms with E-state index in [1.807, 2.05) is 30.3 Å². The molecule has 1 N–H and O–H groups in total. The van der Waals surface area contributed by atoms with Gasteiger partial charge in [0.1, 0.15) is 51.0 Å². The van der Waals surface area contributed by atoms with Crippen LogP contribution in [0.3, 0.4) is 0 Å². The molecule has 8 rings (SSSR count). The second-order valence-electron chi connectivity index (χ2n) is 12.3. The van der Waals surface area contributed by atoms with E-state index in [9.17, 15) is 0 Å². The number of hydrogen-bond acceptors (Lipinski definition) is 14. The number of aryl methyl sites for hydroxylation is 3. The predicted molar refractivity (Wildman–Crippen MR) is 201 cm³/mol. The lowest BCUT2D eigenvalue weighted by molar-refractivity contribution is 0.244. The van der Waals surface area contributed by atoms with Crippen LogP contribution in [0.5, 0.6) is 17.4 Å². The van der Waals surface area contributed by atoms with Crippen molar-refractivity contribution in [1.82, 2.24) is 30.2 Å². The molecule has 0 spiro atoms. The number of allylic oxidation sites excluding steroid dienone is 4. The molecule has 0 aliphatic heterocycles. The normalized spacial score (nSPS) is 12.8. The minimum Gasteiger partial charge on any atom is -0.496 e. The van der Waals surface area contributed by atoms with Crippen LogP contribution in [0.25, 0.3) is 37.3 Å². The maximum absolute atomic E-state index is 6.19. The monoisotopic (exact) mass is 733 g/mol. The highest BCUT2D eigenvalue weighted by Gasteiger charge is 2.18. The fourth-order valence-electron chi connectivity index (χ4n) is 6.17. The van der Waals surface area contributed by atoms with Gasteiger partial charge in [-0.25, -0.2) is 19.9 Å². The molecule has 264 valence electrons. The molecule has 0 unspecified atom stereocenters. The third-order valence-corrected chi connectivity index (χ3v) is 11.4. The van der Waals surface area contributed by atoms with E-state index in [-0.39, 0.29) is 6.61 Å². The molecular formula is C38H35N7O5S2. The summed E-state index contributed by atoms with van der Waals surface area (Å²) < 4.78 is 29.2. The van der Waals surface area contributed by atoms with E-state index in [0.29, 0.717) is 48.4 Å². The summed E-state index contributed by atoms with van der Waals surface area (Å²) >= 11 is 3.28. The molecule has 0 saturated carbocycles. The fraction of sp³-hybridized carbons (Fsp3) is 0.263. The van der Waals surface area contributed by atoms with Gasteiger partial charge >= 0.3 is 0 Å². The van der Waals surface area contributed by atoms with Crippen molar-refractivity contribution in [3.8, 4) is 28.6 Å². The molecule has 1 aliphatic carbocycles. The number of hydrogen-bond donors (Lipinski definition) is 1. The van der Waals surface area contributed by atoms with Gasteiger partial charge in [0.05, 0.1) is 31.0 Å². The van der Waals surface area contributed by atoms with E-state index in [1.54, 1.807) is 36.1 Å². The van der Waals surface area contributed by atoms with E-state index in [0.717, 1.165) is 67.2 Å². The van der Waals surface area contributed by atoms with Crippen LogP contribution in [0, 0.1) is 20.8 Å². The average Bonchev–Trinajstić information content (AvgIpc) is 3.97. The van der Waals surface area contributed by atoms with Gasteiger partial charge in [0.25, 0.3) is 0 Å². The van der Waals surface area contributed by atoms with E-state index >= 15 is 0 Å². The number of nitrogens with zero attached hydrogens (tertiary/aromatic N) is 6. The minimum absolute atomic E-state index is 0.177. The predicted octanol–water partition coefficient (Wildman–Crippen LogP) is 8.82. The van der Waals surface area contributed by atoms with Crippen LogP contribution >= 0.6 is 22.7 Å². The Balaban J connectivity index is 0.895. The van der Waals surface area contributed by atoms with Crippen LogP contribution in [-0.2, 0) is 19.6 Å². The van der Waals surface area contributed by atoms with Gasteiger partial charge in [0.15, 0.2) is 18.1 Å². The third-order valence-electron chi connectivity index (χ3n) is 9.04. The van der Waals surface area contributed by atoms with E-state index < -0.39 is 0 Å². The number of thiophene rings is 2. The quantitative estimate of drug-likeness (QED) is 0.121. The Kier molecular flexibility index (Phi) is 9.39. The third kappa shape index (κ3) is 6.74. The van der Waals surface area contributed by atoms with Gasteiger partial charge in [-0.05, 0) is 62.4 Å². The molecule has 0 fully saturated rings. The summed E-state index contributed by atoms with van der Waals surface area (Å²) in [7, 11) is 1.62. The molecule has 14 heteroatoms. The molecule has 0 amide bonds. The Morgan fingerprint density at radius 3 is 2.50 bits per heavy atom. The zero-order valence-electron chi connectivity index (χ0n) is 29.1. The summed E-state index contributed by atoms with van der Waals surface area (Å²) in [6, 6.07) is 9.52. The van der Waals surface area contributed by atoms with E-state index in [4.69, 9.17) is 23.3 Å². The molecule has 1 aromatic carbocycles. The minimum atomic E-state index is 0.177. The largest absolute Gasteiger partial charge is 0.496 e. The van der Waals surface area contributed by atoms with Crippen molar-refractivity contribution < 1.29 is 23.3 Å². The molecule has 0 saturated heterocycles. The molecular weight excluding hydrogens is 699 g/mol. The summed E-state index contributed by atoms with van der Waals surface area (Å²) in [6.45, 7) is 7.35. The van der Waals surface area contributed by atoms with Gasteiger partial charge in [-0.1, -0.05) is 28.5 Å². The maximum atomic E-state index is 6.19. The SMILES string of the molecule is COc1cc(OCCc2sc3ncnc(NCc4cc(C5=CC=CCC5)no4)c3c2C)ccc1-c1cc(COc2ncnc3sc(C)c(C)c23)on1. The fourth-order valence-corrected chi connectivity index (χ4v) is 8.28. The molecule has 0 atom stereocenters. The van der Waals surface area contributed by atoms with Gasteiger partial charge in [-0.2, -0.15) is 0 Å². The molecule has 6 aromatic heterocycles. The van der Waals surface area contributed by atoms with Crippen molar-refractivity contribution in [2.24, 2.45) is 0 Å². The number of rotatable bonds is 13. The van der Waals surface area contributed by atoms with Crippen LogP contribution in [-0.4, -0.2) is 44.0 Å². The second-order valence-corrected chi connectivity index (χ2v) is 14.6. The number of nitrogens with one attached hydrogen (secondary N) is 1. The molecule has 6 heterocycles. The van der Waals surface area contributed by atoms with Gasteiger partial charge < -0.3 is 28.6 Å². The highest BCUT2D eigenvalue weighted by molar-refractivity contribution is 7.19. The Morgan fingerprint density at radius 2 is 1.65 bits per heavy atom. The van der Waals surface area contributed by atoms with Crippen LogP contribution in [0.1, 0.15) is 50.9 Å². The Morgan fingerprint density at radius 1 is 0.846 bits per heavy atom. The number of ether oxygens (including phenoxy) is 3. The topological polar surface area (TPSA) is 143 Å². The van der Waals surface area contributed by atoms with Crippen molar-refractivity contribution in [3.63, 3.8) is 0 Å². The van der Waals surface area contributed by atoms with Gasteiger partial charge in [0, 0.05) is 39.9 Å².